The number of tetrazole rings is 1. The Morgan fingerprint density at radius 3 is 2.80 bits per heavy atom. The van der Waals surface area contributed by atoms with Crippen LogP contribution >= 0.6 is 0 Å². The summed E-state index contributed by atoms with van der Waals surface area (Å²) < 4.78 is 2.38. The Balaban J connectivity index is 1.48. The van der Waals surface area contributed by atoms with Gasteiger partial charge in [-0.3, -0.25) is 4.90 Å². The van der Waals surface area contributed by atoms with Crippen molar-refractivity contribution < 1.29 is 9.90 Å². The van der Waals surface area contributed by atoms with Crippen molar-refractivity contribution in [3.8, 4) is 0 Å². The van der Waals surface area contributed by atoms with Crippen LogP contribution in [0, 0.1) is 0 Å². The van der Waals surface area contributed by atoms with E-state index in [9.17, 15) is 9.90 Å². The first-order valence-corrected chi connectivity index (χ1v) is 12.2. The van der Waals surface area contributed by atoms with Gasteiger partial charge in [-0.05, 0) is 60.7 Å². The summed E-state index contributed by atoms with van der Waals surface area (Å²) in [5, 5.41) is 24.4. The molecule has 2 aromatic carbocycles. The number of nitrogens with one attached hydrogen (secondary N) is 1. The van der Waals surface area contributed by atoms with Crippen molar-refractivity contribution in [3.63, 3.8) is 0 Å². The molecule has 35 heavy (non-hydrogen) atoms. The number of hydrogen-bond donors (Lipinski definition) is 2. The quantitative estimate of drug-likeness (QED) is 0.464. The number of aromatic nitrogens is 6. The fourth-order valence-electron chi connectivity index (χ4n) is 5.69. The molecule has 4 aromatic rings. The van der Waals surface area contributed by atoms with Gasteiger partial charge in [0.25, 0.3) is 0 Å². The van der Waals surface area contributed by atoms with Crippen LogP contribution in [0.3, 0.4) is 0 Å². The van der Waals surface area contributed by atoms with Crippen molar-refractivity contribution in [1.29, 1.82) is 0 Å². The van der Waals surface area contributed by atoms with Gasteiger partial charge < -0.3 is 14.6 Å². The number of benzene rings is 2. The van der Waals surface area contributed by atoms with Crippen molar-refractivity contribution in [1.82, 2.24) is 30.2 Å². The number of piperidine rings is 1. The van der Waals surface area contributed by atoms with E-state index in [1.54, 1.807) is 0 Å². The number of H-pyrrole nitrogens is 1. The minimum absolute atomic E-state index is 0.0502. The van der Waals surface area contributed by atoms with E-state index >= 15 is 0 Å². The van der Waals surface area contributed by atoms with Gasteiger partial charge >= 0.3 is 6.09 Å². The normalized spacial score (nSPS) is 20.3. The van der Waals surface area contributed by atoms with Crippen molar-refractivity contribution in [2.75, 3.05) is 22.9 Å². The first-order valence-electron chi connectivity index (χ1n) is 12.2. The van der Waals surface area contributed by atoms with E-state index in [2.05, 4.69) is 60.4 Å². The predicted molar refractivity (Wildman–Crippen MR) is 132 cm³/mol. The molecule has 0 bridgehead atoms. The van der Waals surface area contributed by atoms with Crippen molar-refractivity contribution >= 4 is 28.8 Å². The summed E-state index contributed by atoms with van der Waals surface area (Å²) in [6, 6.07) is 14.5. The number of imidazole rings is 1. The highest BCUT2D eigenvalue weighted by molar-refractivity contribution is 5.94. The lowest BCUT2D eigenvalue weighted by Crippen LogP contribution is -2.41. The molecule has 0 saturated carbocycles. The van der Waals surface area contributed by atoms with Gasteiger partial charge in [-0.2, -0.15) is 0 Å². The molecule has 2 aromatic heterocycles. The molecule has 1 amide bonds. The standard InChI is InChI=1S/C25H28N8O2/c1-16-9-10-19-20(32(16)25(34)35)11-12-21-23(19)26-22(14-17-6-3-2-4-7-17)33(21)18-8-5-13-31(15-18)24-27-29-30-28-24/h2-4,6-7,11-12,16,18H,5,8-10,13-15H2,1H3,(H,34,35)(H,27,28,29,30). The van der Waals surface area contributed by atoms with Crippen LogP contribution in [-0.2, 0) is 12.8 Å². The molecule has 2 atom stereocenters. The smallest absolute Gasteiger partial charge is 0.412 e. The minimum Gasteiger partial charge on any atom is -0.465 e. The maximum atomic E-state index is 12.0. The monoisotopic (exact) mass is 472 g/mol. The molecule has 0 aliphatic carbocycles. The molecule has 2 N–H and O–H groups in total. The Morgan fingerprint density at radius 2 is 2.03 bits per heavy atom. The van der Waals surface area contributed by atoms with Crippen molar-refractivity contribution in [2.45, 2.75) is 51.1 Å². The molecule has 0 spiro atoms. The second kappa shape index (κ2) is 8.68. The molecule has 10 nitrogen and oxygen atoms in total. The first kappa shape index (κ1) is 21.6. The summed E-state index contributed by atoms with van der Waals surface area (Å²) in [6.07, 6.45) is 3.45. The zero-order valence-electron chi connectivity index (χ0n) is 19.6. The predicted octanol–water partition coefficient (Wildman–Crippen LogP) is 3.80. The average Bonchev–Trinajstić information content (AvgIpc) is 3.52. The Bertz CT molecular complexity index is 1350. The molecular weight excluding hydrogens is 444 g/mol. The van der Waals surface area contributed by atoms with E-state index in [1.807, 2.05) is 19.1 Å². The molecule has 180 valence electrons. The SMILES string of the molecule is CC1CCc2c(ccc3c2nc(Cc2ccccc2)n3C2CCCN(c3nnn[nH]3)C2)N1C(=O)O. The van der Waals surface area contributed by atoms with E-state index in [1.165, 1.54) is 10.5 Å². The summed E-state index contributed by atoms with van der Waals surface area (Å²) in [7, 11) is 0. The van der Waals surface area contributed by atoms with Crippen LogP contribution in [0.4, 0.5) is 16.4 Å². The number of aromatic amines is 1. The number of rotatable bonds is 4. The van der Waals surface area contributed by atoms with Gasteiger partial charge in [0.2, 0.25) is 5.95 Å². The molecule has 2 unspecified atom stereocenters. The molecule has 2 aliphatic heterocycles. The highest BCUT2D eigenvalue weighted by Gasteiger charge is 2.32. The third-order valence-corrected chi connectivity index (χ3v) is 7.33. The highest BCUT2D eigenvalue weighted by atomic mass is 16.4. The van der Waals surface area contributed by atoms with E-state index in [-0.39, 0.29) is 12.1 Å². The first-order chi connectivity index (χ1) is 17.1. The van der Waals surface area contributed by atoms with Crippen LogP contribution in [0.5, 0.6) is 0 Å². The molecular formula is C25H28N8O2. The number of nitrogens with zero attached hydrogens (tertiary/aromatic N) is 7. The van der Waals surface area contributed by atoms with Crippen molar-refractivity contribution in [3.05, 3.63) is 59.4 Å². The lowest BCUT2D eigenvalue weighted by Gasteiger charge is -2.34. The molecule has 1 fully saturated rings. The largest absolute Gasteiger partial charge is 0.465 e. The number of anilines is 2. The van der Waals surface area contributed by atoms with Crippen molar-refractivity contribution in [2.24, 2.45) is 0 Å². The molecule has 4 heterocycles. The van der Waals surface area contributed by atoms with Crippen LogP contribution in [0.1, 0.15) is 49.2 Å². The van der Waals surface area contributed by atoms with E-state index in [0.29, 0.717) is 12.4 Å². The summed E-state index contributed by atoms with van der Waals surface area (Å²) in [5.41, 5.74) is 4.98. The number of amides is 1. The van der Waals surface area contributed by atoms with Crippen LogP contribution in [-0.4, -0.2) is 60.5 Å². The maximum absolute atomic E-state index is 12.0. The minimum atomic E-state index is -0.912. The second-order valence-corrected chi connectivity index (χ2v) is 9.50. The fourth-order valence-corrected chi connectivity index (χ4v) is 5.69. The molecule has 2 aliphatic rings. The summed E-state index contributed by atoms with van der Waals surface area (Å²) >= 11 is 0. The van der Waals surface area contributed by atoms with Gasteiger partial charge in [0.1, 0.15) is 5.82 Å². The van der Waals surface area contributed by atoms with Crippen LogP contribution in [0.2, 0.25) is 0 Å². The fraction of sp³-hybridized carbons (Fsp3) is 0.400. The Kier molecular flexibility index (Phi) is 5.35. The number of hydrogen-bond acceptors (Lipinski definition) is 6. The van der Waals surface area contributed by atoms with Gasteiger partial charge in [0.15, 0.2) is 0 Å². The van der Waals surface area contributed by atoms with Gasteiger partial charge in [-0.25, -0.2) is 14.9 Å². The van der Waals surface area contributed by atoms with E-state index in [0.717, 1.165) is 66.9 Å². The zero-order chi connectivity index (χ0) is 23.9. The number of carbonyl (C=O) groups is 1. The maximum Gasteiger partial charge on any atom is 0.412 e. The van der Waals surface area contributed by atoms with Gasteiger partial charge in [0.05, 0.1) is 22.8 Å². The lowest BCUT2D eigenvalue weighted by atomic mass is 9.95. The summed E-state index contributed by atoms with van der Waals surface area (Å²) in [5.74, 6) is 1.69. The Labute approximate surface area is 202 Å². The zero-order valence-corrected chi connectivity index (χ0v) is 19.6. The second-order valence-electron chi connectivity index (χ2n) is 9.50. The number of fused-ring (bicyclic) bond motifs is 3. The summed E-state index contributed by atoms with van der Waals surface area (Å²) in [4.78, 5) is 20.9. The highest BCUT2D eigenvalue weighted by Crippen LogP contribution is 2.38. The van der Waals surface area contributed by atoms with Crippen LogP contribution in [0.15, 0.2) is 42.5 Å². The van der Waals surface area contributed by atoms with Gasteiger partial charge in [-0.1, -0.05) is 35.4 Å². The van der Waals surface area contributed by atoms with Crippen LogP contribution < -0.4 is 9.80 Å². The third kappa shape index (κ3) is 3.78. The van der Waals surface area contributed by atoms with E-state index in [4.69, 9.17) is 4.98 Å². The third-order valence-electron chi connectivity index (χ3n) is 7.33. The molecule has 10 heteroatoms. The average molecular weight is 473 g/mol. The molecule has 6 rings (SSSR count). The Morgan fingerprint density at radius 1 is 1.17 bits per heavy atom. The molecule has 0 radical (unpaired) electrons. The van der Waals surface area contributed by atoms with Gasteiger partial charge in [-0.15, -0.1) is 0 Å². The lowest BCUT2D eigenvalue weighted by molar-refractivity contribution is 0.198. The van der Waals surface area contributed by atoms with Crippen LogP contribution in [0.25, 0.3) is 11.0 Å². The van der Waals surface area contributed by atoms with Gasteiger partial charge in [0, 0.05) is 31.1 Å². The Hall–Kier alpha value is -3.95. The molecule has 1 saturated heterocycles. The number of aryl methyl sites for hydroxylation is 1. The van der Waals surface area contributed by atoms with E-state index < -0.39 is 6.09 Å². The number of carboxylic acid groups (broad SMARTS) is 1. The topological polar surface area (TPSA) is 116 Å². The summed E-state index contributed by atoms with van der Waals surface area (Å²) in [6.45, 7) is 3.64.